The number of carbonyl (C=O) groups is 1. The number of rotatable bonds is 7. The molecule has 0 unspecified atom stereocenters. The summed E-state index contributed by atoms with van der Waals surface area (Å²) in [6.45, 7) is 5.85. The summed E-state index contributed by atoms with van der Waals surface area (Å²) < 4.78 is 17.8. The summed E-state index contributed by atoms with van der Waals surface area (Å²) in [7, 11) is 3.16. The van der Waals surface area contributed by atoms with Gasteiger partial charge in [0.1, 0.15) is 6.61 Å². The molecule has 0 spiro atoms. The molecule has 0 aliphatic heterocycles. The Hall–Kier alpha value is -2.81. The minimum atomic E-state index is -0.336. The Morgan fingerprint density at radius 2 is 1.79 bits per heavy atom. The maximum absolute atomic E-state index is 12.5. The number of carbonyl (C=O) groups excluding carboxylic acids is 1. The number of hydrogen-bond donors (Lipinski definition) is 0. The van der Waals surface area contributed by atoms with Gasteiger partial charge in [-0.15, -0.1) is 5.10 Å². The molecule has 0 bridgehead atoms. The van der Waals surface area contributed by atoms with Crippen molar-refractivity contribution in [2.75, 3.05) is 20.5 Å². The second-order valence-corrected chi connectivity index (χ2v) is 7.32. The topological polar surface area (TPSA) is 87.8 Å². The van der Waals surface area contributed by atoms with Crippen molar-refractivity contribution in [3.63, 3.8) is 0 Å². The monoisotopic (exact) mass is 416 g/mol. The molecule has 9 heteroatoms. The van der Waals surface area contributed by atoms with Gasteiger partial charge in [0.05, 0.1) is 20.6 Å². The molecule has 0 saturated heterocycles. The third-order valence-corrected chi connectivity index (χ3v) is 5.30. The van der Waals surface area contributed by atoms with E-state index in [1.54, 1.807) is 18.7 Å². The highest BCUT2D eigenvalue weighted by Gasteiger charge is 2.17. The summed E-state index contributed by atoms with van der Waals surface area (Å²) in [4.78, 5) is 21.3. The Morgan fingerprint density at radius 1 is 1.10 bits per heavy atom. The molecular weight excluding hydrogens is 392 g/mol. The zero-order valence-corrected chi connectivity index (χ0v) is 18.2. The first kappa shape index (κ1) is 20.9. The zero-order valence-electron chi connectivity index (χ0n) is 17.4. The molecule has 3 rings (SSSR count). The van der Waals surface area contributed by atoms with Gasteiger partial charge in [0.2, 0.25) is 5.16 Å². The minimum Gasteiger partial charge on any atom is -0.493 e. The molecule has 29 heavy (non-hydrogen) atoms. The minimum absolute atomic E-state index is 0.113. The second kappa shape index (κ2) is 8.69. The van der Waals surface area contributed by atoms with Crippen LogP contribution in [0.15, 0.2) is 17.3 Å². The van der Waals surface area contributed by atoms with Crippen LogP contribution >= 0.6 is 11.8 Å². The van der Waals surface area contributed by atoms with E-state index >= 15 is 0 Å². The van der Waals surface area contributed by atoms with Crippen LogP contribution in [0.25, 0.3) is 5.78 Å². The van der Waals surface area contributed by atoms with Crippen molar-refractivity contribution in [1.29, 1.82) is 0 Å². The van der Waals surface area contributed by atoms with E-state index in [4.69, 9.17) is 14.2 Å². The lowest BCUT2D eigenvalue weighted by Gasteiger charge is -2.14. The summed E-state index contributed by atoms with van der Waals surface area (Å²) in [6.07, 6.45) is 2.02. The van der Waals surface area contributed by atoms with Crippen molar-refractivity contribution < 1.29 is 19.0 Å². The Bertz CT molecular complexity index is 1060. The quantitative estimate of drug-likeness (QED) is 0.429. The number of benzene rings is 1. The molecule has 0 N–H and O–H groups in total. The van der Waals surface area contributed by atoms with Crippen LogP contribution in [0.5, 0.6) is 11.5 Å². The number of ether oxygens (including phenoxy) is 3. The van der Waals surface area contributed by atoms with Crippen LogP contribution in [-0.4, -0.2) is 46.0 Å². The van der Waals surface area contributed by atoms with E-state index in [9.17, 15) is 4.79 Å². The van der Waals surface area contributed by atoms with Crippen molar-refractivity contribution in [1.82, 2.24) is 19.6 Å². The zero-order chi connectivity index (χ0) is 21.1. The molecule has 2 heterocycles. The fourth-order valence-electron chi connectivity index (χ4n) is 3.06. The van der Waals surface area contributed by atoms with Gasteiger partial charge < -0.3 is 14.2 Å². The van der Waals surface area contributed by atoms with Crippen LogP contribution in [0.2, 0.25) is 0 Å². The molecule has 2 aromatic heterocycles. The molecular formula is C20H24N4O4S. The van der Waals surface area contributed by atoms with Gasteiger partial charge in [0, 0.05) is 17.0 Å². The van der Waals surface area contributed by atoms with Gasteiger partial charge in [-0.25, -0.2) is 9.50 Å². The van der Waals surface area contributed by atoms with E-state index in [0.717, 1.165) is 28.1 Å². The largest absolute Gasteiger partial charge is 0.493 e. The number of aromatic nitrogens is 4. The van der Waals surface area contributed by atoms with Crippen LogP contribution in [0, 0.1) is 20.8 Å². The summed E-state index contributed by atoms with van der Waals surface area (Å²) in [6, 6.07) is 3.69. The smallest absolute Gasteiger partial charge is 0.310 e. The van der Waals surface area contributed by atoms with Crippen LogP contribution in [0.3, 0.4) is 0 Å². The van der Waals surface area contributed by atoms with Crippen molar-refractivity contribution >= 4 is 23.5 Å². The molecule has 0 radical (unpaired) electrons. The Labute approximate surface area is 173 Å². The highest BCUT2D eigenvalue weighted by atomic mass is 32.2. The van der Waals surface area contributed by atoms with Crippen molar-refractivity contribution in [2.45, 2.75) is 39.0 Å². The Kier molecular flexibility index (Phi) is 6.26. The van der Waals surface area contributed by atoms with Crippen LogP contribution in [0.1, 0.15) is 28.1 Å². The maximum Gasteiger partial charge on any atom is 0.310 e. The fourth-order valence-corrected chi connectivity index (χ4v) is 3.40. The highest BCUT2D eigenvalue weighted by molar-refractivity contribution is 7.98. The number of fused-ring (bicyclic) bond motifs is 1. The van der Waals surface area contributed by atoms with Crippen molar-refractivity contribution in [3.05, 3.63) is 40.2 Å². The molecule has 0 amide bonds. The molecule has 0 aliphatic rings. The number of hydrogen-bond acceptors (Lipinski definition) is 8. The maximum atomic E-state index is 12.5. The third kappa shape index (κ3) is 4.29. The predicted molar refractivity (Wildman–Crippen MR) is 110 cm³/mol. The van der Waals surface area contributed by atoms with Crippen LogP contribution in [-0.2, 0) is 22.6 Å². The summed E-state index contributed by atoms with van der Waals surface area (Å²) >= 11 is 1.45. The van der Waals surface area contributed by atoms with Gasteiger partial charge in [-0.1, -0.05) is 11.8 Å². The van der Waals surface area contributed by atoms with Gasteiger partial charge in [0.25, 0.3) is 5.78 Å². The first-order chi connectivity index (χ1) is 13.9. The van der Waals surface area contributed by atoms with Gasteiger partial charge in [-0.05, 0) is 50.3 Å². The normalized spacial score (nSPS) is 11.0. The molecule has 1 aromatic carbocycles. The number of esters is 1. The number of aryl methyl sites for hydroxylation is 3. The number of thioether (sulfide) groups is 1. The summed E-state index contributed by atoms with van der Waals surface area (Å²) in [5.74, 6) is 1.43. The molecule has 3 aromatic rings. The summed E-state index contributed by atoms with van der Waals surface area (Å²) in [5.41, 5.74) is 4.19. The first-order valence-electron chi connectivity index (χ1n) is 9.01. The van der Waals surface area contributed by atoms with E-state index in [-0.39, 0.29) is 19.0 Å². The first-order valence-corrected chi connectivity index (χ1v) is 10.2. The number of methoxy groups -OCH3 is 2. The lowest BCUT2D eigenvalue weighted by molar-refractivity contribution is -0.144. The average molecular weight is 417 g/mol. The van der Waals surface area contributed by atoms with Gasteiger partial charge in [-0.2, -0.15) is 4.98 Å². The highest BCUT2D eigenvalue weighted by Crippen LogP contribution is 2.30. The summed E-state index contributed by atoms with van der Waals surface area (Å²) in [5, 5.41) is 5.05. The van der Waals surface area contributed by atoms with E-state index in [1.807, 2.05) is 39.2 Å². The van der Waals surface area contributed by atoms with E-state index in [1.165, 1.54) is 11.8 Å². The number of nitrogens with zero attached hydrogens (tertiary/aromatic N) is 4. The van der Waals surface area contributed by atoms with Crippen molar-refractivity contribution in [3.8, 4) is 11.5 Å². The van der Waals surface area contributed by atoms with Gasteiger partial charge in [-0.3, -0.25) is 4.79 Å². The predicted octanol–water partition coefficient (Wildman–Crippen LogP) is 3.07. The SMILES string of the molecule is COc1cc(C)c(COC(=O)Cc2c(C)nc3nc(SC)nn3c2C)cc1OC. The average Bonchev–Trinajstić information content (AvgIpc) is 3.13. The van der Waals surface area contributed by atoms with E-state index in [2.05, 4.69) is 15.1 Å². The standard InChI is InChI=1S/C20H24N4O4S/c1-11-7-16(26-4)17(27-5)8-14(11)10-28-18(25)9-15-12(2)21-19-22-20(29-6)23-24(19)13(15)3/h7-8H,9-10H2,1-6H3. The van der Waals surface area contributed by atoms with Crippen LogP contribution in [0.4, 0.5) is 0 Å². The van der Waals surface area contributed by atoms with Gasteiger partial charge >= 0.3 is 5.97 Å². The second-order valence-electron chi connectivity index (χ2n) is 6.54. The van der Waals surface area contributed by atoms with Crippen LogP contribution < -0.4 is 9.47 Å². The van der Waals surface area contributed by atoms with Crippen molar-refractivity contribution in [2.24, 2.45) is 0 Å². The Morgan fingerprint density at radius 3 is 2.45 bits per heavy atom. The molecule has 0 fully saturated rings. The molecule has 154 valence electrons. The lowest BCUT2D eigenvalue weighted by Crippen LogP contribution is -2.14. The molecule has 8 nitrogen and oxygen atoms in total. The third-order valence-electron chi connectivity index (χ3n) is 4.76. The Balaban J connectivity index is 1.76. The molecule has 0 aliphatic carbocycles. The van der Waals surface area contributed by atoms with E-state index in [0.29, 0.717) is 22.4 Å². The van der Waals surface area contributed by atoms with Gasteiger partial charge in [0.15, 0.2) is 11.5 Å². The fraction of sp³-hybridized carbons (Fsp3) is 0.400. The van der Waals surface area contributed by atoms with E-state index < -0.39 is 0 Å². The lowest BCUT2D eigenvalue weighted by atomic mass is 10.1. The molecule has 0 saturated carbocycles. The molecule has 0 atom stereocenters.